The number of amides is 2. The molecule has 2 aromatic rings. The van der Waals surface area contributed by atoms with E-state index in [0.29, 0.717) is 37.1 Å². The second-order valence-corrected chi connectivity index (χ2v) is 11.6. The second-order valence-electron chi connectivity index (χ2n) is 8.20. The lowest BCUT2D eigenvalue weighted by molar-refractivity contribution is -0.115. The van der Waals surface area contributed by atoms with E-state index in [0.717, 1.165) is 0 Å². The van der Waals surface area contributed by atoms with Gasteiger partial charge in [-0.15, -0.1) is 0 Å². The van der Waals surface area contributed by atoms with Crippen LogP contribution in [0.15, 0.2) is 58.3 Å². The zero-order valence-corrected chi connectivity index (χ0v) is 20.5. The van der Waals surface area contributed by atoms with Crippen molar-refractivity contribution in [2.45, 2.75) is 61.4 Å². The van der Waals surface area contributed by atoms with Gasteiger partial charge < -0.3 is 10.6 Å². The molecule has 0 aromatic heterocycles. The van der Waals surface area contributed by atoms with Crippen LogP contribution >= 0.6 is 0 Å². The lowest BCUT2D eigenvalue weighted by atomic mass is 9.92. The van der Waals surface area contributed by atoms with E-state index in [1.807, 2.05) is 0 Å². The molecule has 0 atom stereocenters. The molecule has 1 fully saturated rings. The molecular weight excluding hydrogens is 480 g/mol. The van der Waals surface area contributed by atoms with Crippen molar-refractivity contribution in [2.24, 2.45) is 0 Å². The summed E-state index contributed by atoms with van der Waals surface area (Å²) in [5, 5.41) is 5.17. The first-order chi connectivity index (χ1) is 15.9. The predicted octanol–water partition coefficient (Wildman–Crippen LogP) is 2.17. The van der Waals surface area contributed by atoms with Crippen LogP contribution in [0.2, 0.25) is 0 Å². The fraction of sp³-hybridized carbons (Fsp3) is 0.364. The molecule has 4 N–H and O–H groups in total. The lowest BCUT2D eigenvalue weighted by Gasteiger charge is -2.29. The van der Waals surface area contributed by atoms with Crippen LogP contribution in [0.5, 0.6) is 0 Å². The van der Waals surface area contributed by atoms with Crippen molar-refractivity contribution in [3.63, 3.8) is 0 Å². The zero-order valence-electron chi connectivity index (χ0n) is 18.9. The maximum atomic E-state index is 12.7. The van der Waals surface area contributed by atoms with Crippen LogP contribution in [-0.2, 0) is 29.6 Å². The van der Waals surface area contributed by atoms with Gasteiger partial charge in [-0.3, -0.25) is 9.59 Å². The number of benzene rings is 2. The van der Waals surface area contributed by atoms with E-state index in [-0.39, 0.29) is 33.7 Å². The molecular formula is C22H28N4O6S2. The van der Waals surface area contributed by atoms with E-state index in [1.54, 1.807) is 0 Å². The molecule has 0 bridgehead atoms. The highest BCUT2D eigenvalue weighted by atomic mass is 32.2. The van der Waals surface area contributed by atoms with Gasteiger partial charge >= 0.3 is 0 Å². The first-order valence-corrected chi connectivity index (χ1v) is 13.7. The Labute approximate surface area is 199 Å². The van der Waals surface area contributed by atoms with E-state index in [2.05, 4.69) is 20.1 Å². The maximum absolute atomic E-state index is 12.7. The van der Waals surface area contributed by atoms with Crippen LogP contribution in [0.25, 0.3) is 0 Å². The number of anilines is 2. The van der Waals surface area contributed by atoms with Gasteiger partial charge in [-0.25, -0.2) is 26.3 Å². The van der Waals surface area contributed by atoms with Crippen molar-refractivity contribution in [3.8, 4) is 0 Å². The van der Waals surface area contributed by atoms with Gasteiger partial charge in [-0.1, -0.05) is 0 Å². The molecule has 0 unspecified atom stereocenters. The number of carbonyl (C=O) groups is 2. The summed E-state index contributed by atoms with van der Waals surface area (Å²) in [6, 6.07) is 11.1. The average Bonchev–Trinajstić information content (AvgIpc) is 2.75. The summed E-state index contributed by atoms with van der Waals surface area (Å²) in [6.45, 7) is 2.74. The Morgan fingerprint density at radius 1 is 0.618 bits per heavy atom. The number of rotatable bonds is 8. The SMILES string of the molecule is CC(=O)Nc1ccc(S(=O)(=O)NC2CCC(NS(=O)(=O)c3ccc(NC(C)=O)cc3)CC2)cc1. The molecule has 0 heterocycles. The van der Waals surface area contributed by atoms with Gasteiger partial charge in [0.2, 0.25) is 31.9 Å². The summed E-state index contributed by atoms with van der Waals surface area (Å²) in [4.78, 5) is 22.4. The molecule has 12 heteroatoms. The van der Waals surface area contributed by atoms with Gasteiger partial charge in [-0.05, 0) is 74.2 Å². The predicted molar refractivity (Wildman–Crippen MR) is 128 cm³/mol. The molecule has 184 valence electrons. The first-order valence-electron chi connectivity index (χ1n) is 10.7. The van der Waals surface area contributed by atoms with Crippen molar-refractivity contribution < 1.29 is 26.4 Å². The van der Waals surface area contributed by atoms with Gasteiger partial charge in [0, 0.05) is 37.3 Å². The van der Waals surface area contributed by atoms with E-state index in [1.165, 1.54) is 62.4 Å². The Bertz CT molecular complexity index is 1140. The minimum Gasteiger partial charge on any atom is -0.326 e. The number of hydrogen-bond acceptors (Lipinski definition) is 6. The van der Waals surface area contributed by atoms with Crippen LogP contribution in [0.1, 0.15) is 39.5 Å². The summed E-state index contributed by atoms with van der Waals surface area (Å²) in [7, 11) is -7.49. The topological polar surface area (TPSA) is 151 Å². The third kappa shape index (κ3) is 7.10. The number of sulfonamides is 2. The molecule has 1 aliphatic rings. The Morgan fingerprint density at radius 3 is 1.18 bits per heavy atom. The van der Waals surface area contributed by atoms with E-state index in [9.17, 15) is 26.4 Å². The molecule has 0 radical (unpaired) electrons. The zero-order chi connectivity index (χ0) is 24.9. The third-order valence-corrected chi connectivity index (χ3v) is 8.41. The number of hydrogen-bond donors (Lipinski definition) is 4. The third-order valence-electron chi connectivity index (χ3n) is 5.34. The van der Waals surface area contributed by atoms with Crippen LogP contribution < -0.4 is 20.1 Å². The average molecular weight is 509 g/mol. The summed E-state index contributed by atoms with van der Waals surface area (Å²) in [5.41, 5.74) is 1.01. The Balaban J connectivity index is 1.54. The number of carbonyl (C=O) groups excluding carboxylic acids is 2. The lowest BCUT2D eigenvalue weighted by Crippen LogP contribution is -2.43. The molecule has 1 saturated carbocycles. The fourth-order valence-electron chi connectivity index (χ4n) is 3.75. The normalized spacial score (nSPS) is 18.8. The van der Waals surface area contributed by atoms with Gasteiger partial charge in [-0.2, -0.15) is 0 Å². The molecule has 0 spiro atoms. The first kappa shape index (κ1) is 25.8. The van der Waals surface area contributed by atoms with Crippen LogP contribution in [0.3, 0.4) is 0 Å². The Hall–Kier alpha value is -2.80. The largest absolute Gasteiger partial charge is 0.326 e. The standard InChI is InChI=1S/C22H28N4O6S2/c1-15(27)23-17-7-11-21(12-8-17)33(29,30)25-19-3-5-20(6-4-19)26-34(31,32)22-13-9-18(10-14-22)24-16(2)28/h7-14,19-20,25-26H,3-6H2,1-2H3,(H,23,27)(H,24,28). The summed E-state index contributed by atoms with van der Waals surface area (Å²) < 4.78 is 56.1. The van der Waals surface area contributed by atoms with Crippen molar-refractivity contribution in [1.82, 2.24) is 9.44 Å². The highest BCUT2D eigenvalue weighted by Gasteiger charge is 2.28. The molecule has 2 amide bonds. The van der Waals surface area contributed by atoms with Crippen molar-refractivity contribution >= 4 is 43.2 Å². The molecule has 0 aliphatic heterocycles. The Morgan fingerprint density at radius 2 is 0.912 bits per heavy atom. The summed E-state index contributed by atoms with van der Waals surface area (Å²) in [6.07, 6.45) is 1.94. The van der Waals surface area contributed by atoms with Crippen molar-refractivity contribution in [1.29, 1.82) is 0 Å². The minimum absolute atomic E-state index is 0.0899. The minimum atomic E-state index is -3.74. The van der Waals surface area contributed by atoms with Crippen molar-refractivity contribution in [3.05, 3.63) is 48.5 Å². The molecule has 3 rings (SSSR count). The van der Waals surface area contributed by atoms with Crippen LogP contribution in [0.4, 0.5) is 11.4 Å². The van der Waals surface area contributed by atoms with E-state index in [4.69, 9.17) is 0 Å². The molecule has 10 nitrogen and oxygen atoms in total. The van der Waals surface area contributed by atoms with Crippen molar-refractivity contribution in [2.75, 3.05) is 10.6 Å². The number of nitrogens with one attached hydrogen (secondary N) is 4. The second kappa shape index (κ2) is 10.6. The fourth-order valence-corrected chi connectivity index (χ4v) is 6.36. The van der Waals surface area contributed by atoms with Crippen LogP contribution in [-0.4, -0.2) is 40.7 Å². The maximum Gasteiger partial charge on any atom is 0.240 e. The molecule has 0 saturated heterocycles. The molecule has 34 heavy (non-hydrogen) atoms. The van der Waals surface area contributed by atoms with Gasteiger partial charge in [0.25, 0.3) is 0 Å². The van der Waals surface area contributed by atoms with Crippen LogP contribution in [0, 0.1) is 0 Å². The molecule has 1 aliphatic carbocycles. The summed E-state index contributed by atoms with van der Waals surface area (Å²) >= 11 is 0. The summed E-state index contributed by atoms with van der Waals surface area (Å²) in [5.74, 6) is -0.494. The van der Waals surface area contributed by atoms with Gasteiger partial charge in [0.1, 0.15) is 0 Å². The van der Waals surface area contributed by atoms with Gasteiger partial charge in [0.05, 0.1) is 9.79 Å². The quantitative estimate of drug-likeness (QED) is 0.429. The van der Waals surface area contributed by atoms with Gasteiger partial charge in [0.15, 0.2) is 0 Å². The highest BCUT2D eigenvalue weighted by Crippen LogP contribution is 2.23. The molecule has 2 aromatic carbocycles. The Kier molecular flexibility index (Phi) is 8.08. The smallest absolute Gasteiger partial charge is 0.240 e. The highest BCUT2D eigenvalue weighted by molar-refractivity contribution is 7.89. The van der Waals surface area contributed by atoms with E-state index < -0.39 is 20.0 Å². The van der Waals surface area contributed by atoms with E-state index >= 15 is 0 Å². The monoisotopic (exact) mass is 508 g/mol.